The van der Waals surface area contributed by atoms with Crippen LogP contribution in [0.1, 0.15) is 54.9 Å². The molecular weight excluding hydrogens is 713 g/mol. The number of carbonyl (C=O) groups excluding carboxylic acids is 2. The molecule has 4 unspecified atom stereocenters. The number of hydrogen-bond acceptors (Lipinski definition) is 9. The van der Waals surface area contributed by atoms with E-state index in [9.17, 15) is 14.7 Å². The molecule has 280 valence electrons. The molecule has 2 heterocycles. The van der Waals surface area contributed by atoms with E-state index in [-0.39, 0.29) is 24.7 Å². The van der Waals surface area contributed by atoms with Gasteiger partial charge in [0.25, 0.3) is 11.1 Å². The smallest absolute Gasteiger partial charge is 0.303 e. The number of oxazole rings is 1. The van der Waals surface area contributed by atoms with Gasteiger partial charge in [0.15, 0.2) is 18.2 Å². The predicted octanol–water partition coefficient (Wildman–Crippen LogP) is 9.07. The zero-order valence-electron chi connectivity index (χ0n) is 30.6. The van der Waals surface area contributed by atoms with Gasteiger partial charge in [0.1, 0.15) is 5.69 Å². The number of amides is 1. The molecule has 1 amide bonds. The molecule has 1 aromatic heterocycles. The topological polar surface area (TPSA) is 120 Å². The summed E-state index contributed by atoms with van der Waals surface area (Å²) in [4.78, 5) is 28.5. The number of aromatic nitrogens is 1. The van der Waals surface area contributed by atoms with Gasteiger partial charge in [-0.25, -0.2) is 4.98 Å². The van der Waals surface area contributed by atoms with E-state index >= 15 is 0 Å². The molecule has 1 aliphatic heterocycles. The number of esters is 1. The summed E-state index contributed by atoms with van der Waals surface area (Å²) in [5.74, 6) is 0.465. The summed E-state index contributed by atoms with van der Waals surface area (Å²) in [7, 11) is 0. The van der Waals surface area contributed by atoms with Crippen LogP contribution in [-0.2, 0) is 37.0 Å². The van der Waals surface area contributed by atoms with Gasteiger partial charge in [0, 0.05) is 42.3 Å². The molecule has 6 aromatic rings. The van der Waals surface area contributed by atoms with E-state index in [1.54, 1.807) is 6.92 Å². The van der Waals surface area contributed by atoms with Crippen LogP contribution in [0.4, 0.5) is 0 Å². The molecule has 0 radical (unpaired) electrons. The molecule has 0 saturated carbocycles. The van der Waals surface area contributed by atoms with Crippen molar-refractivity contribution in [2.75, 3.05) is 5.75 Å². The largest absolute Gasteiger partial charge is 0.453 e. The normalized spacial score (nSPS) is 17.3. The van der Waals surface area contributed by atoms with Crippen molar-refractivity contribution in [3.05, 3.63) is 156 Å². The quantitative estimate of drug-likeness (QED) is 0.0879. The summed E-state index contributed by atoms with van der Waals surface area (Å²) in [5.41, 5.74) is 8.37. The lowest BCUT2D eigenvalue weighted by atomic mass is 9.99. The highest BCUT2D eigenvalue weighted by Gasteiger charge is 2.33. The molecule has 2 N–H and O–H groups in total. The monoisotopic (exact) mass is 754 g/mol. The van der Waals surface area contributed by atoms with Gasteiger partial charge in [0.2, 0.25) is 0 Å². The molecular formula is C45H42N2O7S. The Morgan fingerprint density at radius 2 is 1.47 bits per heavy atom. The van der Waals surface area contributed by atoms with Gasteiger partial charge in [-0.15, -0.1) is 0 Å². The number of carbonyl (C=O) groups is 2. The van der Waals surface area contributed by atoms with E-state index in [0.717, 1.165) is 56.0 Å². The lowest BCUT2D eigenvalue weighted by Gasteiger charge is -2.36. The number of ether oxygens (including phenoxy) is 3. The summed E-state index contributed by atoms with van der Waals surface area (Å²) in [6.07, 6.45) is -1.29. The number of rotatable bonds is 13. The molecule has 1 saturated heterocycles. The first-order valence-corrected chi connectivity index (χ1v) is 19.2. The lowest BCUT2D eigenvalue weighted by molar-refractivity contribution is -0.245. The number of nitrogens with zero attached hydrogens (tertiary/aromatic N) is 1. The summed E-state index contributed by atoms with van der Waals surface area (Å²) in [5, 5.41) is 13.0. The minimum Gasteiger partial charge on any atom is -0.453 e. The molecule has 0 aliphatic carbocycles. The highest BCUT2D eigenvalue weighted by molar-refractivity contribution is 7.99. The van der Waals surface area contributed by atoms with Crippen LogP contribution < -0.4 is 5.32 Å². The first-order chi connectivity index (χ1) is 26.8. The van der Waals surface area contributed by atoms with E-state index in [2.05, 4.69) is 5.32 Å². The second-order valence-electron chi connectivity index (χ2n) is 13.3. The summed E-state index contributed by atoms with van der Waals surface area (Å²) in [6, 6.07) is 44.0. The summed E-state index contributed by atoms with van der Waals surface area (Å²) in [6.45, 7) is 3.10. The lowest BCUT2D eigenvalue weighted by Crippen LogP contribution is -2.35. The standard InChI is InChI=1S/C45H42N2O7S/c1-29(51-30(2)49)43(50)46-26-32-10-9-15-38(24-32)33-20-22-37(23-21-33)44-52-39(25-40(53-44)34-18-16-31(27-48)17-19-34)28-55-45-47-41(35-11-5-3-6-12-35)42(54-45)36-13-7-4-8-14-36/h3-24,29,39-40,44,48H,25-28H2,1-2H3,(H,46,50). The minimum absolute atomic E-state index is 0.0257. The minimum atomic E-state index is -0.864. The Kier molecular flexibility index (Phi) is 12.2. The average molecular weight is 755 g/mol. The third kappa shape index (κ3) is 9.59. The first kappa shape index (κ1) is 37.8. The zero-order chi connectivity index (χ0) is 38.1. The maximum absolute atomic E-state index is 12.4. The average Bonchev–Trinajstić information content (AvgIpc) is 3.67. The van der Waals surface area contributed by atoms with Crippen molar-refractivity contribution in [3.63, 3.8) is 0 Å². The van der Waals surface area contributed by atoms with Crippen molar-refractivity contribution in [2.45, 2.75) is 63.2 Å². The van der Waals surface area contributed by atoms with Crippen molar-refractivity contribution in [2.24, 2.45) is 0 Å². The van der Waals surface area contributed by atoms with Crippen molar-refractivity contribution >= 4 is 23.6 Å². The molecule has 55 heavy (non-hydrogen) atoms. The molecule has 0 bridgehead atoms. The van der Waals surface area contributed by atoms with E-state index in [1.165, 1.54) is 18.7 Å². The molecule has 1 fully saturated rings. The van der Waals surface area contributed by atoms with Crippen LogP contribution in [0.5, 0.6) is 0 Å². The summed E-state index contributed by atoms with van der Waals surface area (Å²) >= 11 is 1.52. The SMILES string of the molecule is CC(=O)OC(C)C(=O)NCc1cccc(-c2ccc(C3OC(CSc4nc(-c5ccccc5)c(-c5ccccc5)o4)CC(c4ccc(CO)cc4)O3)cc2)c1. The second-order valence-corrected chi connectivity index (χ2v) is 14.3. The molecule has 7 rings (SSSR count). The summed E-state index contributed by atoms with van der Waals surface area (Å²) < 4.78 is 24.6. The van der Waals surface area contributed by atoms with E-state index in [4.69, 9.17) is 23.6 Å². The van der Waals surface area contributed by atoms with E-state index in [1.807, 2.05) is 133 Å². The Hall–Kier alpha value is -5.52. The maximum Gasteiger partial charge on any atom is 0.303 e. The number of thioether (sulfide) groups is 1. The molecule has 1 aliphatic rings. The highest BCUT2D eigenvalue weighted by atomic mass is 32.2. The number of hydrogen-bond donors (Lipinski definition) is 2. The molecule has 0 spiro atoms. The van der Waals surface area contributed by atoms with Crippen LogP contribution in [0, 0.1) is 0 Å². The first-order valence-electron chi connectivity index (χ1n) is 18.2. The van der Waals surface area contributed by atoms with Gasteiger partial charge in [-0.05, 0) is 40.8 Å². The maximum atomic E-state index is 12.4. The van der Waals surface area contributed by atoms with Gasteiger partial charge in [0.05, 0.1) is 18.8 Å². The third-order valence-corrected chi connectivity index (χ3v) is 10.3. The Bertz CT molecular complexity index is 2130. The van der Waals surface area contributed by atoms with Crippen molar-refractivity contribution in [3.8, 4) is 33.7 Å². The Morgan fingerprint density at radius 1 is 0.800 bits per heavy atom. The highest BCUT2D eigenvalue weighted by Crippen LogP contribution is 2.41. The van der Waals surface area contributed by atoms with Crippen molar-refractivity contribution < 1.29 is 33.3 Å². The van der Waals surface area contributed by atoms with Crippen LogP contribution in [-0.4, -0.2) is 39.9 Å². The number of nitrogens with one attached hydrogen (secondary N) is 1. The van der Waals surface area contributed by atoms with Crippen LogP contribution in [0.15, 0.2) is 143 Å². The van der Waals surface area contributed by atoms with Crippen LogP contribution in [0.25, 0.3) is 33.7 Å². The molecule has 10 heteroatoms. The number of aliphatic hydroxyl groups is 1. The third-order valence-electron chi connectivity index (χ3n) is 9.32. The Morgan fingerprint density at radius 3 is 2.16 bits per heavy atom. The molecule has 4 atom stereocenters. The van der Waals surface area contributed by atoms with Gasteiger partial charge < -0.3 is 29.1 Å². The molecule has 5 aromatic carbocycles. The number of aliphatic hydroxyl groups excluding tert-OH is 1. The fourth-order valence-corrected chi connectivity index (χ4v) is 7.30. The predicted molar refractivity (Wildman–Crippen MR) is 211 cm³/mol. The second kappa shape index (κ2) is 17.7. The Balaban J connectivity index is 1.08. The van der Waals surface area contributed by atoms with Gasteiger partial charge in [-0.2, -0.15) is 0 Å². The molecule has 9 nitrogen and oxygen atoms in total. The van der Waals surface area contributed by atoms with E-state index < -0.39 is 18.4 Å². The fourth-order valence-electron chi connectivity index (χ4n) is 6.46. The van der Waals surface area contributed by atoms with Gasteiger partial charge in [-0.3, -0.25) is 9.59 Å². The van der Waals surface area contributed by atoms with Gasteiger partial charge in [-0.1, -0.05) is 139 Å². The Labute approximate surface area is 324 Å². The van der Waals surface area contributed by atoms with Gasteiger partial charge >= 0.3 is 5.97 Å². The van der Waals surface area contributed by atoms with Crippen LogP contribution >= 0.6 is 11.8 Å². The zero-order valence-corrected chi connectivity index (χ0v) is 31.4. The van der Waals surface area contributed by atoms with Crippen molar-refractivity contribution in [1.29, 1.82) is 0 Å². The van der Waals surface area contributed by atoms with Crippen LogP contribution in [0.2, 0.25) is 0 Å². The fraction of sp³-hybridized carbons (Fsp3) is 0.222. The van der Waals surface area contributed by atoms with Crippen molar-refractivity contribution in [1.82, 2.24) is 10.3 Å². The van der Waals surface area contributed by atoms with Crippen LogP contribution in [0.3, 0.4) is 0 Å². The number of benzene rings is 5. The van der Waals surface area contributed by atoms with E-state index in [0.29, 0.717) is 23.9 Å².